The Morgan fingerprint density at radius 2 is 2.03 bits per heavy atom. The molecule has 0 atom stereocenters. The number of piperidine rings is 1. The number of H-pyrrole nitrogens is 1. The average Bonchev–Trinajstić information content (AvgIpc) is 3.39. The van der Waals surface area contributed by atoms with Gasteiger partial charge in [0, 0.05) is 41.7 Å². The van der Waals surface area contributed by atoms with Crippen LogP contribution in [0.5, 0.6) is 0 Å². The van der Waals surface area contributed by atoms with Crippen molar-refractivity contribution in [2.75, 3.05) is 13.1 Å². The first-order valence-electron chi connectivity index (χ1n) is 10.4. The van der Waals surface area contributed by atoms with Crippen LogP contribution in [0.15, 0.2) is 29.5 Å². The molecule has 2 fully saturated rings. The number of rotatable bonds is 2. The predicted octanol–water partition coefficient (Wildman–Crippen LogP) is 1.81. The summed E-state index contributed by atoms with van der Waals surface area (Å²) >= 11 is 0. The maximum Gasteiger partial charge on any atom is 0.254 e. The summed E-state index contributed by atoms with van der Waals surface area (Å²) in [6.07, 6.45) is 8.96. The molecule has 1 saturated heterocycles. The summed E-state index contributed by atoms with van der Waals surface area (Å²) in [6.45, 7) is 1.37. The van der Waals surface area contributed by atoms with Crippen LogP contribution in [-0.4, -0.2) is 48.5 Å². The largest absolute Gasteiger partial charge is 0.339 e. The third-order valence-electron chi connectivity index (χ3n) is 6.89. The van der Waals surface area contributed by atoms with Gasteiger partial charge in [-0.25, -0.2) is 14.5 Å². The quantitative estimate of drug-likeness (QED) is 0.720. The van der Waals surface area contributed by atoms with Gasteiger partial charge in [-0.05, 0) is 50.7 Å². The fourth-order valence-electron chi connectivity index (χ4n) is 4.97. The minimum absolute atomic E-state index is 0.0288. The Balaban J connectivity index is 1.25. The second-order valence-electron chi connectivity index (χ2n) is 8.60. The molecule has 0 bridgehead atoms. The van der Waals surface area contributed by atoms with Crippen molar-refractivity contribution in [1.29, 1.82) is 0 Å². The summed E-state index contributed by atoms with van der Waals surface area (Å²) in [6, 6.07) is 3.58. The van der Waals surface area contributed by atoms with E-state index < -0.39 is 0 Å². The second-order valence-corrected chi connectivity index (χ2v) is 8.60. The van der Waals surface area contributed by atoms with Gasteiger partial charge >= 0.3 is 0 Å². The van der Waals surface area contributed by atoms with E-state index in [0.29, 0.717) is 30.2 Å². The molecule has 0 aromatic carbocycles. The van der Waals surface area contributed by atoms with Crippen molar-refractivity contribution in [1.82, 2.24) is 29.5 Å². The number of aromatic amines is 1. The van der Waals surface area contributed by atoms with Crippen LogP contribution < -0.4 is 5.56 Å². The van der Waals surface area contributed by atoms with Gasteiger partial charge in [0.2, 0.25) is 0 Å². The van der Waals surface area contributed by atoms with Gasteiger partial charge in [-0.3, -0.25) is 9.59 Å². The number of hydrogen-bond acceptors (Lipinski definition) is 5. The molecule has 1 aliphatic heterocycles. The molecule has 3 aliphatic rings. The van der Waals surface area contributed by atoms with E-state index in [2.05, 4.69) is 15.1 Å². The highest BCUT2D eigenvalue weighted by molar-refractivity contribution is 5.95. The number of carbonyl (C=O) groups excluding carboxylic acids is 1. The van der Waals surface area contributed by atoms with Crippen molar-refractivity contribution in [3.8, 4) is 0 Å². The molecule has 29 heavy (non-hydrogen) atoms. The molecule has 8 heteroatoms. The number of aromatic nitrogens is 5. The molecule has 1 amide bonds. The van der Waals surface area contributed by atoms with Gasteiger partial charge in [0.1, 0.15) is 12.2 Å². The molecule has 148 valence electrons. The normalized spacial score (nSPS) is 20.3. The van der Waals surface area contributed by atoms with Crippen LogP contribution in [0, 0.1) is 0 Å². The first-order valence-corrected chi connectivity index (χ1v) is 10.4. The third-order valence-corrected chi connectivity index (χ3v) is 6.89. The Labute approximate surface area is 167 Å². The minimum Gasteiger partial charge on any atom is -0.339 e. The standard InChI is InChI=1S/C21H22N6O2/c28-19-15-3-5-21(17(15)24-18(25-19)13-1-2-13)6-9-26(10-7-21)20(29)14-4-8-27-16(11-14)22-12-23-27/h4,8,11-13H,1-3,5-7,9-10H2,(H,24,25,28). The lowest BCUT2D eigenvalue weighted by Crippen LogP contribution is -2.45. The molecule has 6 rings (SSSR count). The highest BCUT2D eigenvalue weighted by Gasteiger charge is 2.45. The molecule has 8 nitrogen and oxygen atoms in total. The lowest BCUT2D eigenvalue weighted by Gasteiger charge is -2.39. The van der Waals surface area contributed by atoms with Crippen LogP contribution in [0.25, 0.3) is 5.65 Å². The van der Waals surface area contributed by atoms with Gasteiger partial charge < -0.3 is 9.88 Å². The SMILES string of the molecule is O=C(c1ccn2ncnc2c1)N1CCC2(CCc3c2nc(C2CC2)[nH]c3=O)CC1. The van der Waals surface area contributed by atoms with E-state index in [1.165, 1.54) is 6.33 Å². The number of nitrogens with zero attached hydrogens (tertiary/aromatic N) is 5. The van der Waals surface area contributed by atoms with Gasteiger partial charge in [0.15, 0.2) is 5.65 Å². The van der Waals surface area contributed by atoms with Crippen LogP contribution in [0.3, 0.4) is 0 Å². The number of fused-ring (bicyclic) bond motifs is 3. The van der Waals surface area contributed by atoms with Crippen molar-refractivity contribution < 1.29 is 4.79 Å². The third kappa shape index (κ3) is 2.62. The Bertz CT molecular complexity index is 1180. The van der Waals surface area contributed by atoms with Crippen LogP contribution in [0.1, 0.15) is 65.5 Å². The zero-order valence-corrected chi connectivity index (χ0v) is 16.1. The van der Waals surface area contributed by atoms with Crippen molar-refractivity contribution in [2.45, 2.75) is 49.9 Å². The number of hydrogen-bond donors (Lipinski definition) is 1. The molecular formula is C21H22N6O2. The Kier molecular flexibility index (Phi) is 3.48. The molecule has 3 aromatic heterocycles. The van der Waals surface area contributed by atoms with Crippen molar-refractivity contribution >= 4 is 11.6 Å². The van der Waals surface area contributed by atoms with E-state index in [4.69, 9.17) is 4.98 Å². The summed E-state index contributed by atoms with van der Waals surface area (Å²) in [5.41, 5.74) is 3.19. The van der Waals surface area contributed by atoms with E-state index in [-0.39, 0.29) is 16.9 Å². The Hall–Kier alpha value is -3.03. The predicted molar refractivity (Wildman–Crippen MR) is 105 cm³/mol. The molecule has 2 aliphatic carbocycles. The van der Waals surface area contributed by atoms with Gasteiger partial charge in [-0.15, -0.1) is 0 Å². The fraction of sp³-hybridized carbons (Fsp3) is 0.476. The molecular weight excluding hydrogens is 368 g/mol. The smallest absolute Gasteiger partial charge is 0.254 e. The minimum atomic E-state index is -0.0546. The van der Waals surface area contributed by atoms with E-state index >= 15 is 0 Å². The molecule has 1 spiro atoms. The molecule has 1 saturated carbocycles. The van der Waals surface area contributed by atoms with Crippen LogP contribution >= 0.6 is 0 Å². The number of likely N-dealkylation sites (tertiary alicyclic amines) is 1. The maximum atomic E-state index is 13.0. The molecule has 1 N–H and O–H groups in total. The van der Waals surface area contributed by atoms with Gasteiger partial charge in [-0.2, -0.15) is 5.10 Å². The van der Waals surface area contributed by atoms with Crippen molar-refractivity contribution in [2.24, 2.45) is 0 Å². The zero-order valence-electron chi connectivity index (χ0n) is 16.1. The van der Waals surface area contributed by atoms with Crippen LogP contribution in [-0.2, 0) is 11.8 Å². The topological polar surface area (TPSA) is 96.2 Å². The summed E-state index contributed by atoms with van der Waals surface area (Å²) in [5, 5.41) is 4.08. The van der Waals surface area contributed by atoms with Crippen molar-refractivity contribution in [3.63, 3.8) is 0 Å². The Morgan fingerprint density at radius 3 is 2.83 bits per heavy atom. The first kappa shape index (κ1) is 16.9. The van der Waals surface area contributed by atoms with Gasteiger partial charge in [0.25, 0.3) is 11.5 Å². The number of amides is 1. The fourth-order valence-corrected chi connectivity index (χ4v) is 4.97. The van der Waals surface area contributed by atoms with Gasteiger partial charge in [0.05, 0.1) is 5.69 Å². The summed E-state index contributed by atoms with van der Waals surface area (Å²) in [7, 11) is 0. The van der Waals surface area contributed by atoms with E-state index in [0.717, 1.165) is 55.6 Å². The molecule has 4 heterocycles. The lowest BCUT2D eigenvalue weighted by atomic mass is 9.76. The second kappa shape index (κ2) is 5.98. The summed E-state index contributed by atoms with van der Waals surface area (Å²) < 4.78 is 1.65. The lowest BCUT2D eigenvalue weighted by molar-refractivity contribution is 0.0663. The van der Waals surface area contributed by atoms with Crippen LogP contribution in [0.2, 0.25) is 0 Å². The van der Waals surface area contributed by atoms with E-state index in [9.17, 15) is 9.59 Å². The Morgan fingerprint density at radius 1 is 1.21 bits per heavy atom. The highest BCUT2D eigenvalue weighted by Crippen LogP contribution is 2.46. The molecule has 0 unspecified atom stereocenters. The van der Waals surface area contributed by atoms with Crippen molar-refractivity contribution in [3.05, 3.63) is 57.7 Å². The summed E-state index contributed by atoms with van der Waals surface area (Å²) in [5.74, 6) is 1.33. The average molecular weight is 390 g/mol. The summed E-state index contributed by atoms with van der Waals surface area (Å²) in [4.78, 5) is 39.6. The first-order chi connectivity index (χ1) is 14.1. The molecule has 0 radical (unpaired) electrons. The van der Waals surface area contributed by atoms with Gasteiger partial charge in [-0.1, -0.05) is 0 Å². The van der Waals surface area contributed by atoms with E-state index in [1.807, 2.05) is 4.90 Å². The maximum absolute atomic E-state index is 13.0. The zero-order chi connectivity index (χ0) is 19.6. The number of carbonyl (C=O) groups is 1. The van der Waals surface area contributed by atoms with Crippen LogP contribution in [0.4, 0.5) is 0 Å². The molecule has 3 aromatic rings. The van der Waals surface area contributed by atoms with E-state index in [1.54, 1.807) is 22.8 Å². The number of nitrogens with one attached hydrogen (secondary N) is 1. The number of pyridine rings is 1. The monoisotopic (exact) mass is 390 g/mol. The highest BCUT2D eigenvalue weighted by atomic mass is 16.2.